The predicted molar refractivity (Wildman–Crippen MR) is 126 cm³/mol. The number of aromatic nitrogens is 2. The van der Waals surface area contributed by atoms with Crippen LogP contribution in [-0.2, 0) is 27.0 Å². The maximum Gasteiger partial charge on any atom is 0.416 e. The molecule has 200 valence electrons. The molecule has 4 rings (SSSR count). The summed E-state index contributed by atoms with van der Waals surface area (Å²) in [6, 6.07) is 4.74. The van der Waals surface area contributed by atoms with Gasteiger partial charge in [-0.25, -0.2) is 9.97 Å². The molecule has 2 aliphatic rings. The van der Waals surface area contributed by atoms with Crippen LogP contribution in [0.15, 0.2) is 30.6 Å². The minimum atomic E-state index is -4.44. The first-order chi connectivity index (χ1) is 17.6. The summed E-state index contributed by atoms with van der Waals surface area (Å²) in [5.74, 6) is -2.18. The van der Waals surface area contributed by atoms with Crippen molar-refractivity contribution in [2.75, 3.05) is 36.5 Å². The Morgan fingerprint density at radius 3 is 2.43 bits per heavy atom. The third kappa shape index (κ3) is 6.45. The molecule has 0 bridgehead atoms. The highest BCUT2D eigenvalue weighted by atomic mass is 19.4. The van der Waals surface area contributed by atoms with Gasteiger partial charge in [0.2, 0.25) is 5.82 Å². The largest absolute Gasteiger partial charge is 0.455 e. The fourth-order valence-corrected chi connectivity index (χ4v) is 4.34. The quantitative estimate of drug-likeness (QED) is 0.320. The van der Waals surface area contributed by atoms with E-state index >= 15 is 4.39 Å². The first-order valence-electron chi connectivity index (χ1n) is 11.9. The van der Waals surface area contributed by atoms with Crippen molar-refractivity contribution < 1.29 is 31.9 Å². The van der Waals surface area contributed by atoms with Gasteiger partial charge in [0.1, 0.15) is 6.33 Å². The maximum absolute atomic E-state index is 15.6. The van der Waals surface area contributed by atoms with Gasteiger partial charge in [0.05, 0.1) is 11.0 Å². The minimum absolute atomic E-state index is 0.000851. The molecule has 2 aromatic rings. The number of hydrogen-bond donors (Lipinski definition) is 3. The van der Waals surface area contributed by atoms with Gasteiger partial charge in [-0.3, -0.25) is 9.59 Å². The summed E-state index contributed by atoms with van der Waals surface area (Å²) >= 11 is 0. The van der Waals surface area contributed by atoms with E-state index in [0.717, 1.165) is 25.0 Å². The van der Waals surface area contributed by atoms with Crippen molar-refractivity contribution >= 4 is 23.5 Å². The fraction of sp³-hybridized carbons (Fsp3) is 0.500. The predicted octanol–water partition coefficient (Wildman–Crippen LogP) is 2.61. The summed E-state index contributed by atoms with van der Waals surface area (Å²) in [6.07, 6.45) is -0.836. The van der Waals surface area contributed by atoms with Crippen LogP contribution in [0.3, 0.4) is 0 Å². The van der Waals surface area contributed by atoms with Gasteiger partial charge in [0.25, 0.3) is 5.91 Å². The number of alkyl halides is 3. The fourth-order valence-electron chi connectivity index (χ4n) is 4.34. The zero-order chi connectivity index (χ0) is 26.6. The van der Waals surface area contributed by atoms with Crippen LogP contribution in [-0.4, -0.2) is 54.1 Å². The molecule has 1 aromatic carbocycles. The van der Waals surface area contributed by atoms with Crippen LogP contribution in [0.5, 0.6) is 0 Å². The lowest BCUT2D eigenvalue weighted by Gasteiger charge is -2.35. The number of rotatable bonds is 10. The lowest BCUT2D eigenvalue weighted by Crippen LogP contribution is -2.48. The molecule has 1 saturated carbocycles. The molecule has 1 amide bonds. The van der Waals surface area contributed by atoms with Gasteiger partial charge in [0, 0.05) is 19.1 Å². The Morgan fingerprint density at radius 1 is 1.16 bits per heavy atom. The standard InChI is InChI=1S/C24H28F4N6O3/c25-19-20(31-13-23(7-9-30-10-8-23)22(36)37-12-18(29)35)32-14-33-21(19)34(17-5-6-17)11-15-1-3-16(4-2-15)24(26,27)28/h1-4,14,17,30H,5-13H2,(H2,29,35)(H,31,32,33). The number of ether oxygens (including phenoxy) is 1. The molecular formula is C24H28F4N6O3. The maximum atomic E-state index is 15.6. The SMILES string of the molecule is NC(=O)COC(=O)C1(CNc2ncnc(N(Cc3ccc(C(F)(F)F)cc3)C3CC3)c2F)CCNCC1. The molecule has 9 nitrogen and oxygen atoms in total. The van der Waals surface area contributed by atoms with Crippen LogP contribution < -0.4 is 21.3 Å². The highest BCUT2D eigenvalue weighted by Crippen LogP contribution is 2.36. The lowest BCUT2D eigenvalue weighted by atomic mass is 9.79. The van der Waals surface area contributed by atoms with Gasteiger partial charge in [-0.1, -0.05) is 12.1 Å². The monoisotopic (exact) mass is 524 g/mol. The van der Waals surface area contributed by atoms with Crippen molar-refractivity contribution in [3.63, 3.8) is 0 Å². The molecule has 4 N–H and O–H groups in total. The van der Waals surface area contributed by atoms with E-state index in [-0.39, 0.29) is 30.8 Å². The highest BCUT2D eigenvalue weighted by Gasteiger charge is 2.42. The second-order valence-corrected chi connectivity index (χ2v) is 9.34. The van der Waals surface area contributed by atoms with Gasteiger partial charge in [0.15, 0.2) is 18.2 Å². The molecule has 13 heteroatoms. The summed E-state index contributed by atoms with van der Waals surface area (Å²) in [5.41, 5.74) is 3.91. The van der Waals surface area contributed by atoms with Crippen LogP contribution in [0, 0.1) is 11.2 Å². The molecule has 1 aliphatic heterocycles. The Morgan fingerprint density at radius 2 is 1.84 bits per heavy atom. The van der Waals surface area contributed by atoms with Crippen LogP contribution in [0.1, 0.15) is 36.8 Å². The van der Waals surface area contributed by atoms with Crippen LogP contribution in [0.2, 0.25) is 0 Å². The third-order valence-corrected chi connectivity index (χ3v) is 6.60. The first kappa shape index (κ1) is 26.6. The molecule has 0 atom stereocenters. The molecule has 2 heterocycles. The van der Waals surface area contributed by atoms with E-state index in [9.17, 15) is 22.8 Å². The van der Waals surface area contributed by atoms with E-state index in [2.05, 4.69) is 20.6 Å². The molecule has 2 fully saturated rings. The summed E-state index contributed by atoms with van der Waals surface area (Å²) < 4.78 is 59.4. The number of nitrogens with one attached hydrogen (secondary N) is 2. The second kappa shape index (κ2) is 10.9. The van der Waals surface area contributed by atoms with Crippen molar-refractivity contribution in [1.82, 2.24) is 15.3 Å². The van der Waals surface area contributed by atoms with E-state index in [1.165, 1.54) is 18.5 Å². The highest BCUT2D eigenvalue weighted by molar-refractivity contribution is 5.82. The average Bonchev–Trinajstić information content (AvgIpc) is 3.71. The van der Waals surface area contributed by atoms with E-state index < -0.39 is 41.5 Å². The molecule has 0 unspecified atom stereocenters. The number of anilines is 2. The van der Waals surface area contributed by atoms with Crippen molar-refractivity contribution in [2.24, 2.45) is 11.1 Å². The van der Waals surface area contributed by atoms with Gasteiger partial charge in [-0.15, -0.1) is 0 Å². The smallest absolute Gasteiger partial charge is 0.416 e. The number of nitrogens with zero attached hydrogens (tertiary/aromatic N) is 3. The molecular weight excluding hydrogens is 496 g/mol. The Bertz CT molecular complexity index is 1120. The number of hydrogen-bond acceptors (Lipinski definition) is 8. The van der Waals surface area contributed by atoms with E-state index in [1.54, 1.807) is 4.90 Å². The van der Waals surface area contributed by atoms with Gasteiger partial charge < -0.3 is 26.0 Å². The number of nitrogens with two attached hydrogens (primary N) is 1. The van der Waals surface area contributed by atoms with Crippen molar-refractivity contribution in [2.45, 2.75) is 44.4 Å². The number of halogens is 4. The molecule has 1 saturated heterocycles. The Hall–Kier alpha value is -3.48. The summed E-state index contributed by atoms with van der Waals surface area (Å²) in [4.78, 5) is 33.7. The Balaban J connectivity index is 1.51. The molecule has 0 spiro atoms. The van der Waals surface area contributed by atoms with Crippen molar-refractivity contribution in [3.8, 4) is 0 Å². The minimum Gasteiger partial charge on any atom is -0.455 e. The Labute approximate surface area is 210 Å². The van der Waals surface area contributed by atoms with E-state index in [4.69, 9.17) is 10.5 Å². The van der Waals surface area contributed by atoms with Crippen molar-refractivity contribution in [3.05, 3.63) is 47.5 Å². The van der Waals surface area contributed by atoms with Crippen molar-refractivity contribution in [1.29, 1.82) is 0 Å². The Kier molecular flexibility index (Phi) is 7.81. The lowest BCUT2D eigenvalue weighted by molar-refractivity contribution is -0.159. The number of piperidine rings is 1. The van der Waals surface area contributed by atoms with Gasteiger partial charge >= 0.3 is 12.1 Å². The molecule has 1 aliphatic carbocycles. The molecule has 1 aromatic heterocycles. The zero-order valence-electron chi connectivity index (χ0n) is 20.0. The summed E-state index contributed by atoms with van der Waals surface area (Å²) in [7, 11) is 0. The topological polar surface area (TPSA) is 122 Å². The number of primary amides is 1. The van der Waals surface area contributed by atoms with Gasteiger partial charge in [-0.2, -0.15) is 17.6 Å². The van der Waals surface area contributed by atoms with Crippen LogP contribution >= 0.6 is 0 Å². The zero-order valence-corrected chi connectivity index (χ0v) is 20.0. The number of benzene rings is 1. The summed E-state index contributed by atoms with van der Waals surface area (Å²) in [6.45, 7) is 0.717. The second-order valence-electron chi connectivity index (χ2n) is 9.34. The first-order valence-corrected chi connectivity index (χ1v) is 11.9. The number of amides is 1. The number of esters is 1. The third-order valence-electron chi connectivity index (χ3n) is 6.60. The molecule has 37 heavy (non-hydrogen) atoms. The number of carbonyl (C=O) groups is 2. The summed E-state index contributed by atoms with van der Waals surface area (Å²) in [5, 5.41) is 6.06. The normalized spacial score (nSPS) is 17.2. The van der Waals surface area contributed by atoms with Crippen LogP contribution in [0.4, 0.5) is 29.2 Å². The van der Waals surface area contributed by atoms with E-state index in [1.807, 2.05) is 0 Å². The average molecular weight is 525 g/mol. The number of carbonyl (C=O) groups excluding carboxylic acids is 2. The molecule has 0 radical (unpaired) electrons. The van der Waals surface area contributed by atoms with Gasteiger partial charge in [-0.05, 0) is 56.5 Å². The van der Waals surface area contributed by atoms with Crippen LogP contribution in [0.25, 0.3) is 0 Å². The van der Waals surface area contributed by atoms with E-state index in [0.29, 0.717) is 31.5 Å².